The minimum Gasteiger partial charge on any atom is -0.422 e. The molecule has 2 atom stereocenters. The van der Waals surface area contributed by atoms with Crippen LogP contribution in [0.25, 0.3) is 11.0 Å². The highest BCUT2D eigenvalue weighted by atomic mass is 16.6. The fourth-order valence-electron chi connectivity index (χ4n) is 3.60. The summed E-state index contributed by atoms with van der Waals surface area (Å²) >= 11 is 0. The van der Waals surface area contributed by atoms with Crippen molar-refractivity contribution >= 4 is 17.1 Å². The summed E-state index contributed by atoms with van der Waals surface area (Å²) in [5.41, 5.74) is 4.33. The number of likely N-dealkylation sites (tertiary alicyclic amines) is 1. The van der Waals surface area contributed by atoms with Gasteiger partial charge in [0.05, 0.1) is 11.0 Å². The lowest BCUT2D eigenvalue weighted by Crippen LogP contribution is -2.40. The van der Waals surface area contributed by atoms with Gasteiger partial charge in [0.25, 0.3) is 0 Å². The standard InChI is InChI=1S/C15H15N3O3/c19-8-21-15(20)18-6-9-3-10(7-18)12-5-14-13(4-11(9)12)16-1-2-17-14/h1-2,4-5,9-10,19H,3,6-8H2. The van der Waals surface area contributed by atoms with Crippen LogP contribution in [0.3, 0.4) is 0 Å². The third kappa shape index (κ3) is 1.94. The molecule has 0 spiro atoms. The number of aromatic nitrogens is 2. The molecule has 2 heterocycles. The minimum absolute atomic E-state index is 0.316. The van der Waals surface area contributed by atoms with Crippen LogP contribution in [0.15, 0.2) is 24.5 Å². The normalized spacial score (nSPS) is 23.2. The van der Waals surface area contributed by atoms with E-state index >= 15 is 0 Å². The molecule has 1 aromatic heterocycles. The molecule has 1 amide bonds. The summed E-state index contributed by atoms with van der Waals surface area (Å²) in [5.74, 6) is 0.632. The summed E-state index contributed by atoms with van der Waals surface area (Å²) in [6, 6.07) is 4.20. The number of nitrogens with zero attached hydrogens (tertiary/aromatic N) is 3. The Balaban J connectivity index is 1.71. The number of carbonyl (C=O) groups is 1. The van der Waals surface area contributed by atoms with E-state index in [-0.39, 0.29) is 0 Å². The maximum atomic E-state index is 11.8. The lowest BCUT2D eigenvalue weighted by molar-refractivity contribution is 0.0174. The Morgan fingerprint density at radius 3 is 2.29 bits per heavy atom. The molecular weight excluding hydrogens is 270 g/mol. The molecule has 1 N–H and O–H groups in total. The molecule has 1 aliphatic heterocycles. The Morgan fingerprint density at radius 2 is 1.76 bits per heavy atom. The third-order valence-corrected chi connectivity index (χ3v) is 4.45. The fraction of sp³-hybridized carbons (Fsp3) is 0.400. The number of fused-ring (bicyclic) bond motifs is 6. The van der Waals surface area contributed by atoms with Crippen LogP contribution in [0.2, 0.25) is 0 Å². The summed E-state index contributed by atoms with van der Waals surface area (Å²) < 4.78 is 4.70. The van der Waals surface area contributed by atoms with Gasteiger partial charge in [-0.1, -0.05) is 0 Å². The highest BCUT2D eigenvalue weighted by molar-refractivity contribution is 5.77. The molecule has 0 saturated carbocycles. The molecule has 21 heavy (non-hydrogen) atoms. The van der Waals surface area contributed by atoms with Crippen molar-refractivity contribution in [2.75, 3.05) is 19.9 Å². The third-order valence-electron chi connectivity index (χ3n) is 4.45. The van der Waals surface area contributed by atoms with Gasteiger partial charge in [0.2, 0.25) is 0 Å². The molecule has 4 rings (SSSR count). The van der Waals surface area contributed by atoms with Crippen molar-refractivity contribution in [2.45, 2.75) is 18.3 Å². The first-order valence-corrected chi connectivity index (χ1v) is 7.03. The second-order valence-electron chi connectivity index (χ2n) is 5.60. The second kappa shape index (κ2) is 4.66. The van der Waals surface area contributed by atoms with Gasteiger partial charge in [0.15, 0.2) is 6.79 Å². The van der Waals surface area contributed by atoms with E-state index in [0.29, 0.717) is 24.9 Å². The van der Waals surface area contributed by atoms with Gasteiger partial charge in [0, 0.05) is 37.3 Å². The van der Waals surface area contributed by atoms with Gasteiger partial charge >= 0.3 is 6.09 Å². The van der Waals surface area contributed by atoms with Crippen LogP contribution in [0, 0.1) is 0 Å². The van der Waals surface area contributed by atoms with Gasteiger partial charge in [0.1, 0.15) is 0 Å². The molecule has 1 fully saturated rings. The zero-order chi connectivity index (χ0) is 14.4. The Bertz CT molecular complexity index is 668. The van der Waals surface area contributed by atoms with Crippen LogP contribution < -0.4 is 0 Å². The maximum absolute atomic E-state index is 11.8. The molecular formula is C15H15N3O3. The molecule has 1 aliphatic carbocycles. The fourth-order valence-corrected chi connectivity index (χ4v) is 3.60. The lowest BCUT2D eigenvalue weighted by atomic mass is 9.96. The molecule has 2 bridgehead atoms. The van der Waals surface area contributed by atoms with E-state index in [1.54, 1.807) is 17.3 Å². The van der Waals surface area contributed by atoms with E-state index in [2.05, 4.69) is 22.1 Å². The van der Waals surface area contributed by atoms with Crippen molar-refractivity contribution in [2.24, 2.45) is 0 Å². The molecule has 1 saturated heterocycles. The number of aliphatic hydroxyl groups is 1. The summed E-state index contributed by atoms with van der Waals surface area (Å²) in [4.78, 5) is 22.2. The molecule has 6 nitrogen and oxygen atoms in total. The van der Waals surface area contributed by atoms with Crippen LogP contribution in [-0.2, 0) is 4.74 Å². The first kappa shape index (κ1) is 12.5. The van der Waals surface area contributed by atoms with Crippen molar-refractivity contribution < 1.29 is 14.6 Å². The van der Waals surface area contributed by atoms with Gasteiger partial charge in [-0.2, -0.15) is 0 Å². The van der Waals surface area contributed by atoms with E-state index in [1.165, 1.54) is 11.1 Å². The quantitative estimate of drug-likeness (QED) is 0.805. The van der Waals surface area contributed by atoms with Gasteiger partial charge in [-0.05, 0) is 29.7 Å². The number of amides is 1. The molecule has 0 radical (unpaired) electrons. The lowest BCUT2D eigenvalue weighted by Gasteiger charge is -2.31. The van der Waals surface area contributed by atoms with Crippen molar-refractivity contribution in [3.63, 3.8) is 0 Å². The Kier molecular flexibility index (Phi) is 2.78. The Morgan fingerprint density at radius 1 is 1.19 bits per heavy atom. The van der Waals surface area contributed by atoms with Gasteiger partial charge in [-0.3, -0.25) is 9.97 Å². The highest BCUT2D eigenvalue weighted by Gasteiger charge is 2.40. The average molecular weight is 285 g/mol. The number of rotatable bonds is 1. The maximum Gasteiger partial charge on any atom is 0.411 e. The van der Waals surface area contributed by atoms with Crippen LogP contribution >= 0.6 is 0 Å². The van der Waals surface area contributed by atoms with E-state index in [0.717, 1.165) is 17.5 Å². The number of ether oxygens (including phenoxy) is 1. The van der Waals surface area contributed by atoms with Crippen LogP contribution in [0.1, 0.15) is 29.4 Å². The topological polar surface area (TPSA) is 75.6 Å². The zero-order valence-corrected chi connectivity index (χ0v) is 11.4. The van der Waals surface area contributed by atoms with Crippen LogP contribution in [0.5, 0.6) is 0 Å². The first-order chi connectivity index (χ1) is 10.3. The second-order valence-corrected chi connectivity index (χ2v) is 5.60. The highest BCUT2D eigenvalue weighted by Crippen LogP contribution is 2.46. The molecule has 108 valence electrons. The summed E-state index contributed by atoms with van der Waals surface area (Å²) in [5, 5.41) is 8.73. The predicted molar refractivity (Wildman–Crippen MR) is 74.8 cm³/mol. The first-order valence-electron chi connectivity index (χ1n) is 7.03. The molecule has 1 aromatic carbocycles. The molecule has 2 aromatic rings. The van der Waals surface area contributed by atoms with Gasteiger partial charge in [-0.15, -0.1) is 0 Å². The molecule has 6 heteroatoms. The van der Waals surface area contributed by atoms with E-state index in [9.17, 15) is 4.79 Å². The number of hydrogen-bond donors (Lipinski definition) is 1. The number of piperidine rings is 1. The van der Waals surface area contributed by atoms with Crippen molar-refractivity contribution in [3.8, 4) is 0 Å². The van der Waals surface area contributed by atoms with Gasteiger partial charge < -0.3 is 14.7 Å². The molecule has 2 aliphatic rings. The number of benzene rings is 1. The van der Waals surface area contributed by atoms with Crippen LogP contribution in [-0.4, -0.2) is 46.0 Å². The number of hydrogen-bond acceptors (Lipinski definition) is 5. The monoisotopic (exact) mass is 285 g/mol. The zero-order valence-electron chi connectivity index (χ0n) is 11.4. The largest absolute Gasteiger partial charge is 0.422 e. The number of carbonyl (C=O) groups excluding carboxylic acids is 1. The Labute approximate surface area is 121 Å². The Hall–Kier alpha value is -2.21. The summed E-state index contributed by atoms with van der Waals surface area (Å²) in [7, 11) is 0. The van der Waals surface area contributed by atoms with E-state index in [4.69, 9.17) is 9.84 Å². The van der Waals surface area contributed by atoms with E-state index in [1.807, 2.05) is 0 Å². The van der Waals surface area contributed by atoms with Crippen molar-refractivity contribution in [3.05, 3.63) is 35.7 Å². The average Bonchev–Trinajstić information content (AvgIpc) is 2.76. The predicted octanol–water partition coefficient (Wildman–Crippen LogP) is 1.60. The minimum atomic E-state index is -0.574. The smallest absolute Gasteiger partial charge is 0.411 e. The van der Waals surface area contributed by atoms with Crippen LogP contribution in [0.4, 0.5) is 4.79 Å². The number of aliphatic hydroxyl groups excluding tert-OH is 1. The summed E-state index contributed by atoms with van der Waals surface area (Å²) in [6.45, 7) is 0.692. The SMILES string of the molecule is O=C(OCO)N1CC2CC(C1)c1cc3nccnc3cc12. The van der Waals surface area contributed by atoms with E-state index < -0.39 is 12.9 Å². The van der Waals surface area contributed by atoms with Crippen molar-refractivity contribution in [1.82, 2.24) is 14.9 Å². The van der Waals surface area contributed by atoms with Crippen molar-refractivity contribution in [1.29, 1.82) is 0 Å². The van der Waals surface area contributed by atoms with Gasteiger partial charge in [-0.25, -0.2) is 4.79 Å². The molecule has 2 unspecified atom stereocenters. The summed E-state index contributed by atoms with van der Waals surface area (Å²) in [6.07, 6.45) is 4.00.